The van der Waals surface area contributed by atoms with E-state index in [1.807, 2.05) is 6.92 Å². The van der Waals surface area contributed by atoms with Crippen molar-refractivity contribution in [1.82, 2.24) is 4.98 Å². The number of fused-ring (bicyclic) bond motifs is 1. The molecule has 5 nitrogen and oxygen atoms in total. The van der Waals surface area contributed by atoms with Gasteiger partial charge in [-0.05, 0) is 38.7 Å². The smallest absolute Gasteiger partial charge is 0.198 e. The van der Waals surface area contributed by atoms with Crippen molar-refractivity contribution in [3.05, 3.63) is 45.2 Å². The topological polar surface area (TPSA) is 77.4 Å². The van der Waals surface area contributed by atoms with Crippen LogP contribution in [-0.4, -0.2) is 24.0 Å². The van der Waals surface area contributed by atoms with Crippen LogP contribution in [0.3, 0.4) is 0 Å². The predicted molar refractivity (Wildman–Crippen MR) is 86.5 cm³/mol. The Labute approximate surface area is 134 Å². The second kappa shape index (κ2) is 6.54. The molecule has 0 aliphatic carbocycles. The van der Waals surface area contributed by atoms with Gasteiger partial charge < -0.3 is 19.8 Å². The zero-order valence-corrected chi connectivity index (χ0v) is 13.4. The molecule has 0 spiro atoms. The van der Waals surface area contributed by atoms with Crippen molar-refractivity contribution in [2.24, 2.45) is 0 Å². The Balaban J connectivity index is 2.04. The maximum atomic E-state index is 12.8. The second-order valence-corrected chi connectivity index (χ2v) is 6.41. The molecule has 0 radical (unpaired) electrons. The third kappa shape index (κ3) is 3.15. The number of aromatic amines is 1. The zero-order valence-electron chi connectivity index (χ0n) is 13.4. The standard InChI is InChI=1S/C18H22N2O3/c1-12-15(11-20-9-4-2-3-5-10-20)17(21)13-7-6-8-14(18(22)23)16(13)19-12/h6-8H,2-5,9-11H2,1H3,(H,19,21)(H,22,23). The monoisotopic (exact) mass is 314 g/mol. The maximum absolute atomic E-state index is 12.8. The minimum absolute atomic E-state index is 0.0383. The number of aryl methyl sites for hydroxylation is 1. The van der Waals surface area contributed by atoms with Gasteiger partial charge >= 0.3 is 0 Å². The van der Waals surface area contributed by atoms with Crippen molar-refractivity contribution in [3.63, 3.8) is 0 Å². The molecule has 0 atom stereocenters. The SMILES string of the molecule is Cc1[nH]c2c(C(=O)[O-])cccc2c(=O)c1C[NH+]1CCCCCC1. The Bertz CT molecular complexity index is 787. The lowest BCUT2D eigenvalue weighted by atomic mass is 10.0. The second-order valence-electron chi connectivity index (χ2n) is 6.41. The van der Waals surface area contributed by atoms with E-state index in [0.717, 1.165) is 24.3 Å². The fourth-order valence-electron chi connectivity index (χ4n) is 3.51. The van der Waals surface area contributed by atoms with Gasteiger partial charge in [-0.15, -0.1) is 0 Å². The van der Waals surface area contributed by atoms with Crippen LogP contribution in [0, 0.1) is 6.92 Å². The number of hydrogen-bond donors (Lipinski definition) is 2. The highest BCUT2D eigenvalue weighted by Crippen LogP contribution is 2.15. The molecular formula is C18H22N2O3. The molecule has 0 amide bonds. The fraction of sp³-hybridized carbons (Fsp3) is 0.444. The molecule has 0 unspecified atom stereocenters. The Morgan fingerprint density at radius 1 is 1.22 bits per heavy atom. The molecule has 5 heteroatoms. The van der Waals surface area contributed by atoms with Gasteiger partial charge in [-0.25, -0.2) is 0 Å². The largest absolute Gasteiger partial charge is 0.545 e. The van der Waals surface area contributed by atoms with Crippen LogP contribution in [0.25, 0.3) is 10.9 Å². The highest BCUT2D eigenvalue weighted by molar-refractivity contribution is 6.00. The summed E-state index contributed by atoms with van der Waals surface area (Å²) in [4.78, 5) is 28.6. The van der Waals surface area contributed by atoms with Crippen LogP contribution in [0.4, 0.5) is 0 Å². The first-order chi connectivity index (χ1) is 11.1. The first kappa shape index (κ1) is 15.7. The maximum Gasteiger partial charge on any atom is 0.198 e. The summed E-state index contributed by atoms with van der Waals surface area (Å²) in [7, 11) is 0. The number of hydrogen-bond acceptors (Lipinski definition) is 3. The molecule has 1 aliphatic rings. The number of aromatic nitrogens is 1. The van der Waals surface area contributed by atoms with E-state index in [9.17, 15) is 14.7 Å². The van der Waals surface area contributed by atoms with Crippen LogP contribution in [0.1, 0.15) is 47.3 Å². The molecule has 2 N–H and O–H groups in total. The molecule has 1 fully saturated rings. The van der Waals surface area contributed by atoms with E-state index < -0.39 is 5.97 Å². The molecule has 1 aromatic heterocycles. The number of aromatic carboxylic acids is 1. The minimum atomic E-state index is -1.27. The van der Waals surface area contributed by atoms with Crippen molar-refractivity contribution >= 4 is 16.9 Å². The molecule has 1 aromatic carbocycles. The molecule has 0 saturated carbocycles. The average Bonchev–Trinajstić information content (AvgIpc) is 2.79. The summed E-state index contributed by atoms with van der Waals surface area (Å²) >= 11 is 0. The van der Waals surface area contributed by atoms with Gasteiger partial charge in [0.05, 0.1) is 30.1 Å². The summed E-state index contributed by atoms with van der Waals surface area (Å²) in [5.41, 5.74) is 1.87. The number of carboxylic acids is 1. The van der Waals surface area contributed by atoms with Crippen molar-refractivity contribution in [2.75, 3.05) is 13.1 Å². The van der Waals surface area contributed by atoms with E-state index in [4.69, 9.17) is 0 Å². The van der Waals surface area contributed by atoms with Crippen molar-refractivity contribution in [3.8, 4) is 0 Å². The van der Waals surface area contributed by atoms with E-state index in [1.165, 1.54) is 36.6 Å². The van der Waals surface area contributed by atoms with Crippen molar-refractivity contribution in [2.45, 2.75) is 39.2 Å². The van der Waals surface area contributed by atoms with Crippen molar-refractivity contribution in [1.29, 1.82) is 0 Å². The molecule has 2 heterocycles. The summed E-state index contributed by atoms with van der Waals surface area (Å²) in [5, 5.41) is 11.7. The lowest BCUT2D eigenvalue weighted by Crippen LogP contribution is -3.10. The third-order valence-corrected chi connectivity index (χ3v) is 4.81. The first-order valence-corrected chi connectivity index (χ1v) is 8.27. The van der Waals surface area contributed by atoms with Crippen LogP contribution >= 0.6 is 0 Å². The Kier molecular flexibility index (Phi) is 4.48. The summed E-state index contributed by atoms with van der Waals surface area (Å²) in [6.45, 7) is 4.73. The van der Waals surface area contributed by atoms with Gasteiger partial charge in [0.2, 0.25) is 0 Å². The highest BCUT2D eigenvalue weighted by atomic mass is 16.4. The van der Waals surface area contributed by atoms with Gasteiger partial charge in [-0.3, -0.25) is 4.79 Å². The van der Waals surface area contributed by atoms with Crippen LogP contribution < -0.4 is 15.4 Å². The Hall–Kier alpha value is -2.14. The molecule has 1 aliphatic heterocycles. The number of likely N-dealkylation sites (tertiary alicyclic amines) is 1. The van der Waals surface area contributed by atoms with E-state index in [0.29, 0.717) is 17.4 Å². The molecule has 3 rings (SSSR count). The van der Waals surface area contributed by atoms with Gasteiger partial charge in [0.15, 0.2) is 5.43 Å². The molecular weight excluding hydrogens is 292 g/mol. The third-order valence-electron chi connectivity index (χ3n) is 4.81. The molecule has 0 bridgehead atoms. The quantitative estimate of drug-likeness (QED) is 0.847. The van der Waals surface area contributed by atoms with Crippen LogP contribution in [-0.2, 0) is 6.54 Å². The number of pyridine rings is 1. The number of rotatable bonds is 3. The van der Waals surface area contributed by atoms with Gasteiger partial charge in [0, 0.05) is 16.6 Å². The average molecular weight is 314 g/mol. The van der Waals surface area contributed by atoms with E-state index >= 15 is 0 Å². The number of carbonyl (C=O) groups is 1. The van der Waals surface area contributed by atoms with Crippen molar-refractivity contribution < 1.29 is 14.8 Å². The van der Waals surface area contributed by atoms with E-state index in [1.54, 1.807) is 12.1 Å². The number of carbonyl (C=O) groups excluding carboxylic acids is 1. The summed E-state index contributed by atoms with van der Waals surface area (Å²) in [5.74, 6) is -1.27. The van der Waals surface area contributed by atoms with E-state index in [-0.39, 0.29) is 11.0 Å². The van der Waals surface area contributed by atoms with Crippen LogP contribution in [0.2, 0.25) is 0 Å². The van der Waals surface area contributed by atoms with Gasteiger partial charge in [0.25, 0.3) is 0 Å². The molecule has 1 saturated heterocycles. The Morgan fingerprint density at radius 2 is 1.91 bits per heavy atom. The van der Waals surface area contributed by atoms with Gasteiger partial charge in [-0.2, -0.15) is 0 Å². The summed E-state index contributed by atoms with van der Waals surface area (Å²) in [6, 6.07) is 4.74. The summed E-state index contributed by atoms with van der Waals surface area (Å²) in [6.07, 6.45) is 4.94. The number of para-hydroxylation sites is 1. The lowest BCUT2D eigenvalue weighted by Gasteiger charge is -2.18. The van der Waals surface area contributed by atoms with Gasteiger partial charge in [0.1, 0.15) is 6.54 Å². The van der Waals surface area contributed by atoms with Crippen LogP contribution in [0.5, 0.6) is 0 Å². The lowest BCUT2D eigenvalue weighted by molar-refractivity contribution is -0.913. The molecule has 23 heavy (non-hydrogen) atoms. The first-order valence-electron chi connectivity index (χ1n) is 8.27. The molecule has 2 aromatic rings. The number of H-pyrrole nitrogens is 1. The molecule has 122 valence electrons. The van der Waals surface area contributed by atoms with Crippen LogP contribution in [0.15, 0.2) is 23.0 Å². The highest BCUT2D eigenvalue weighted by Gasteiger charge is 2.18. The number of quaternary nitrogens is 1. The number of nitrogens with one attached hydrogen (secondary N) is 2. The normalized spacial score (nSPS) is 16.4. The summed E-state index contributed by atoms with van der Waals surface area (Å²) < 4.78 is 0. The fourth-order valence-corrected chi connectivity index (χ4v) is 3.51. The number of benzene rings is 1. The zero-order chi connectivity index (χ0) is 16.4. The van der Waals surface area contributed by atoms with Gasteiger partial charge in [-0.1, -0.05) is 12.1 Å². The van der Waals surface area contributed by atoms with E-state index in [2.05, 4.69) is 4.98 Å². The predicted octanol–water partition coefficient (Wildman–Crippen LogP) is 0.159. The minimum Gasteiger partial charge on any atom is -0.545 e. The Morgan fingerprint density at radius 3 is 2.57 bits per heavy atom. The number of carboxylic acid groups (broad SMARTS) is 1.